The molecule has 5 nitrogen and oxygen atoms in total. The van der Waals surface area contributed by atoms with E-state index in [1.54, 1.807) is 19.5 Å². The van der Waals surface area contributed by atoms with E-state index in [1.807, 2.05) is 30.3 Å². The number of carbonyl (C=O) groups is 1. The maximum Gasteiger partial charge on any atom is 0.223 e. The summed E-state index contributed by atoms with van der Waals surface area (Å²) in [7, 11) is 1.67. The molecule has 2 fully saturated rings. The van der Waals surface area contributed by atoms with Crippen molar-refractivity contribution < 1.29 is 14.3 Å². The number of hydrogen-bond donors (Lipinski definition) is 0. The maximum absolute atomic E-state index is 13.0. The highest BCUT2D eigenvalue weighted by Crippen LogP contribution is 2.38. The average molecular weight is 445 g/mol. The number of ether oxygens (including phenoxy) is 2. The van der Waals surface area contributed by atoms with Crippen molar-refractivity contribution in [2.75, 3.05) is 7.11 Å². The number of amides is 1. The van der Waals surface area contributed by atoms with Crippen molar-refractivity contribution in [3.8, 4) is 11.5 Å². The van der Waals surface area contributed by atoms with Crippen molar-refractivity contribution in [1.82, 2.24) is 9.88 Å². The number of methoxy groups -OCH3 is 1. The molecule has 148 valence electrons. The Kier molecular flexibility index (Phi) is 5.85. The van der Waals surface area contributed by atoms with E-state index >= 15 is 0 Å². The zero-order valence-electron chi connectivity index (χ0n) is 16.0. The lowest BCUT2D eigenvalue weighted by Crippen LogP contribution is -2.49. The first kappa shape index (κ1) is 19.2. The minimum atomic E-state index is 0.163. The number of aryl methyl sites for hydroxylation is 1. The first-order chi connectivity index (χ1) is 13.6. The highest BCUT2D eigenvalue weighted by molar-refractivity contribution is 9.10. The minimum absolute atomic E-state index is 0.163. The van der Waals surface area contributed by atoms with Crippen LogP contribution in [0.5, 0.6) is 11.5 Å². The SMILES string of the molecule is COc1ccc(Br)cc1CCC(=O)N1C2CCC1CC(Oc1cccnc1)C2. The third-order valence-electron chi connectivity index (χ3n) is 5.77. The van der Waals surface area contributed by atoms with Gasteiger partial charge in [-0.3, -0.25) is 9.78 Å². The number of carbonyl (C=O) groups excluding carboxylic acids is 1. The van der Waals surface area contributed by atoms with Gasteiger partial charge in [0.05, 0.1) is 13.3 Å². The van der Waals surface area contributed by atoms with Crippen LogP contribution in [0.3, 0.4) is 0 Å². The molecule has 1 amide bonds. The average Bonchev–Trinajstić information content (AvgIpc) is 2.98. The largest absolute Gasteiger partial charge is 0.496 e. The Balaban J connectivity index is 1.37. The topological polar surface area (TPSA) is 51.7 Å². The lowest BCUT2D eigenvalue weighted by molar-refractivity contribution is -0.137. The summed E-state index contributed by atoms with van der Waals surface area (Å²) in [5.74, 6) is 1.89. The van der Waals surface area contributed by atoms with E-state index in [-0.39, 0.29) is 24.1 Å². The fourth-order valence-corrected chi connectivity index (χ4v) is 4.96. The molecule has 1 aromatic carbocycles. The fourth-order valence-electron chi connectivity index (χ4n) is 4.55. The molecular weight excluding hydrogens is 420 g/mol. The number of pyridine rings is 1. The predicted octanol–water partition coefficient (Wildman–Crippen LogP) is 4.39. The van der Waals surface area contributed by atoms with Crippen LogP contribution in [-0.2, 0) is 11.2 Å². The lowest BCUT2D eigenvalue weighted by Gasteiger charge is -2.39. The first-order valence-electron chi connectivity index (χ1n) is 9.84. The summed E-state index contributed by atoms with van der Waals surface area (Å²) < 4.78 is 12.6. The molecule has 0 N–H and O–H groups in total. The van der Waals surface area contributed by atoms with E-state index < -0.39 is 0 Å². The van der Waals surface area contributed by atoms with Crippen LogP contribution >= 0.6 is 15.9 Å². The van der Waals surface area contributed by atoms with Gasteiger partial charge in [0.2, 0.25) is 5.91 Å². The highest BCUT2D eigenvalue weighted by atomic mass is 79.9. The Bertz CT molecular complexity index is 816. The van der Waals surface area contributed by atoms with Crippen LogP contribution < -0.4 is 9.47 Å². The van der Waals surface area contributed by atoms with Crippen LogP contribution in [0.2, 0.25) is 0 Å². The van der Waals surface area contributed by atoms with E-state index in [0.29, 0.717) is 12.8 Å². The Hall–Kier alpha value is -2.08. The number of fused-ring (bicyclic) bond motifs is 2. The molecule has 2 atom stereocenters. The van der Waals surface area contributed by atoms with E-state index in [2.05, 4.69) is 25.8 Å². The van der Waals surface area contributed by atoms with Gasteiger partial charge in [0, 0.05) is 42.0 Å². The van der Waals surface area contributed by atoms with Crippen LogP contribution in [0.15, 0.2) is 47.2 Å². The fraction of sp³-hybridized carbons (Fsp3) is 0.455. The summed E-state index contributed by atoms with van der Waals surface area (Å²) in [6.07, 6.45) is 8.81. The molecule has 6 heteroatoms. The van der Waals surface area contributed by atoms with Gasteiger partial charge in [-0.25, -0.2) is 0 Å². The third-order valence-corrected chi connectivity index (χ3v) is 6.26. The summed E-state index contributed by atoms with van der Waals surface area (Å²) in [5.41, 5.74) is 1.06. The second kappa shape index (κ2) is 8.52. The molecule has 0 saturated carbocycles. The number of aromatic nitrogens is 1. The predicted molar refractivity (Wildman–Crippen MR) is 111 cm³/mol. The summed E-state index contributed by atoms with van der Waals surface area (Å²) in [6, 6.07) is 10.3. The van der Waals surface area contributed by atoms with Gasteiger partial charge in [-0.1, -0.05) is 15.9 Å². The minimum Gasteiger partial charge on any atom is -0.496 e. The molecule has 2 aromatic rings. The molecule has 2 aliphatic heterocycles. The molecule has 0 aliphatic carbocycles. The van der Waals surface area contributed by atoms with Crippen LogP contribution in [0.25, 0.3) is 0 Å². The second-order valence-electron chi connectivity index (χ2n) is 7.54. The second-order valence-corrected chi connectivity index (χ2v) is 8.46. The Morgan fingerprint density at radius 3 is 2.71 bits per heavy atom. The molecule has 2 bridgehead atoms. The molecule has 1 aromatic heterocycles. The van der Waals surface area contributed by atoms with Gasteiger partial charge in [-0.2, -0.15) is 0 Å². The zero-order chi connectivity index (χ0) is 19.5. The van der Waals surface area contributed by atoms with Crippen molar-refractivity contribution in [1.29, 1.82) is 0 Å². The van der Waals surface area contributed by atoms with Crippen LogP contribution in [0.4, 0.5) is 0 Å². The Labute approximate surface area is 174 Å². The normalized spacial score (nSPS) is 23.5. The molecule has 4 rings (SSSR count). The van der Waals surface area contributed by atoms with Crippen molar-refractivity contribution in [3.63, 3.8) is 0 Å². The molecule has 2 unspecified atom stereocenters. The van der Waals surface area contributed by atoms with Gasteiger partial charge in [-0.15, -0.1) is 0 Å². The van der Waals surface area contributed by atoms with Crippen LogP contribution in [0, 0.1) is 0 Å². The van der Waals surface area contributed by atoms with E-state index in [9.17, 15) is 4.79 Å². The smallest absolute Gasteiger partial charge is 0.223 e. The van der Waals surface area contributed by atoms with Crippen LogP contribution in [0.1, 0.15) is 37.7 Å². The first-order valence-corrected chi connectivity index (χ1v) is 10.6. The van der Waals surface area contributed by atoms with E-state index in [4.69, 9.17) is 9.47 Å². The van der Waals surface area contributed by atoms with E-state index in [1.165, 1.54) is 0 Å². The molecule has 2 saturated heterocycles. The number of benzene rings is 1. The Morgan fingerprint density at radius 1 is 1.25 bits per heavy atom. The third kappa shape index (κ3) is 4.17. The molecular formula is C22H25BrN2O3. The quantitative estimate of drug-likeness (QED) is 0.662. The van der Waals surface area contributed by atoms with Crippen molar-refractivity contribution >= 4 is 21.8 Å². The molecule has 0 spiro atoms. The number of rotatable bonds is 6. The molecule has 0 radical (unpaired) electrons. The van der Waals surface area contributed by atoms with Crippen LogP contribution in [-0.4, -0.2) is 41.1 Å². The van der Waals surface area contributed by atoms with Crippen molar-refractivity contribution in [3.05, 3.63) is 52.8 Å². The van der Waals surface area contributed by atoms with Gasteiger partial charge < -0.3 is 14.4 Å². The Morgan fingerprint density at radius 2 is 2.04 bits per heavy atom. The van der Waals surface area contributed by atoms with Crippen molar-refractivity contribution in [2.24, 2.45) is 0 Å². The highest BCUT2D eigenvalue weighted by Gasteiger charge is 2.43. The molecule has 28 heavy (non-hydrogen) atoms. The van der Waals surface area contributed by atoms with E-state index in [0.717, 1.165) is 47.2 Å². The summed E-state index contributed by atoms with van der Waals surface area (Å²) in [4.78, 5) is 19.3. The van der Waals surface area contributed by atoms with Gasteiger partial charge >= 0.3 is 0 Å². The summed E-state index contributed by atoms with van der Waals surface area (Å²) >= 11 is 3.50. The zero-order valence-corrected chi connectivity index (χ0v) is 17.6. The number of nitrogens with zero attached hydrogens (tertiary/aromatic N) is 2. The van der Waals surface area contributed by atoms with Crippen molar-refractivity contribution in [2.45, 2.75) is 56.7 Å². The maximum atomic E-state index is 13.0. The number of hydrogen-bond acceptors (Lipinski definition) is 4. The van der Waals surface area contributed by atoms with Gasteiger partial charge in [0.15, 0.2) is 0 Å². The molecule has 2 aliphatic rings. The number of halogens is 1. The lowest BCUT2D eigenvalue weighted by atomic mass is 9.98. The standard InChI is InChI=1S/C22H25BrN2O3/c1-27-21-8-5-16(23)11-15(21)4-9-22(26)25-17-6-7-18(25)13-20(12-17)28-19-3-2-10-24-14-19/h2-3,5,8,10-11,14,17-18,20H,4,6-7,9,12-13H2,1H3. The summed E-state index contributed by atoms with van der Waals surface area (Å²) in [6.45, 7) is 0. The van der Waals surface area contributed by atoms with Gasteiger partial charge in [0.25, 0.3) is 0 Å². The summed E-state index contributed by atoms with van der Waals surface area (Å²) in [5, 5.41) is 0. The van der Waals surface area contributed by atoms with Gasteiger partial charge in [-0.05, 0) is 55.2 Å². The monoisotopic (exact) mass is 444 g/mol. The van der Waals surface area contributed by atoms with Gasteiger partial charge in [0.1, 0.15) is 17.6 Å². The number of piperidine rings is 1. The molecule has 3 heterocycles.